The van der Waals surface area contributed by atoms with Crippen LogP contribution in [0.4, 0.5) is 20.3 Å². The number of carbonyl (C=O) groups is 1. The summed E-state index contributed by atoms with van der Waals surface area (Å²) < 4.78 is 55.3. The van der Waals surface area contributed by atoms with Gasteiger partial charge in [0.05, 0.1) is 6.26 Å². The summed E-state index contributed by atoms with van der Waals surface area (Å²) in [5, 5.41) is 5.98. The van der Waals surface area contributed by atoms with Crippen molar-refractivity contribution >= 4 is 27.4 Å². The summed E-state index contributed by atoms with van der Waals surface area (Å²) in [6.07, 6.45) is 0.766. The van der Waals surface area contributed by atoms with Crippen LogP contribution in [0.3, 0.4) is 0 Å². The predicted molar refractivity (Wildman–Crippen MR) is 83.0 cm³/mol. The molecule has 0 saturated carbocycles. The van der Waals surface area contributed by atoms with Crippen LogP contribution in [0, 0.1) is 18.6 Å². The summed E-state index contributed by atoms with van der Waals surface area (Å²) in [5.74, 6) is -2.20. The van der Waals surface area contributed by atoms with Crippen LogP contribution in [-0.4, -0.2) is 32.3 Å². The van der Waals surface area contributed by atoms with Crippen LogP contribution in [0.1, 0.15) is 12.2 Å². The number of aromatic nitrogens is 1. The van der Waals surface area contributed by atoms with Gasteiger partial charge in [0.1, 0.15) is 5.76 Å². The fourth-order valence-electron chi connectivity index (χ4n) is 1.92. The normalized spacial score (nSPS) is 11.3. The van der Waals surface area contributed by atoms with E-state index >= 15 is 0 Å². The third-order valence-corrected chi connectivity index (χ3v) is 4.19. The Hall–Kier alpha value is -2.49. The molecule has 0 aliphatic rings. The van der Waals surface area contributed by atoms with Gasteiger partial charge in [0.25, 0.3) is 0 Å². The molecule has 0 unspecified atom stereocenters. The summed E-state index contributed by atoms with van der Waals surface area (Å²) in [6.45, 7) is 1.42. The first-order valence-corrected chi connectivity index (χ1v) is 8.67. The van der Waals surface area contributed by atoms with Crippen molar-refractivity contribution < 1.29 is 26.5 Å². The molecule has 130 valence electrons. The first-order valence-electron chi connectivity index (χ1n) is 6.83. The highest BCUT2D eigenvalue weighted by atomic mass is 32.2. The standard InChI is InChI=1S/C14H15F2N3O4S/c1-9-7-13(18-23-9)19(24(2,21)22)6-5-14(20)17-10-3-4-11(15)12(16)8-10/h3-4,7-8H,5-6H2,1-2H3,(H,17,20). The summed E-state index contributed by atoms with van der Waals surface area (Å²) in [5.41, 5.74) is 0.0714. The van der Waals surface area contributed by atoms with E-state index in [1.807, 2.05) is 0 Å². The van der Waals surface area contributed by atoms with Crippen LogP contribution < -0.4 is 9.62 Å². The number of amides is 1. The van der Waals surface area contributed by atoms with E-state index in [1.165, 1.54) is 12.1 Å². The number of halogens is 2. The van der Waals surface area contributed by atoms with Crippen molar-refractivity contribution in [2.24, 2.45) is 0 Å². The smallest absolute Gasteiger partial charge is 0.233 e. The summed E-state index contributed by atoms with van der Waals surface area (Å²) in [6, 6.07) is 4.34. The van der Waals surface area contributed by atoms with Crippen molar-refractivity contribution in [1.29, 1.82) is 0 Å². The highest BCUT2D eigenvalue weighted by Gasteiger charge is 2.21. The van der Waals surface area contributed by atoms with Crippen molar-refractivity contribution in [1.82, 2.24) is 5.16 Å². The summed E-state index contributed by atoms with van der Waals surface area (Å²) in [7, 11) is -3.66. The van der Waals surface area contributed by atoms with Crippen LogP contribution in [-0.2, 0) is 14.8 Å². The lowest BCUT2D eigenvalue weighted by atomic mass is 10.3. The van der Waals surface area contributed by atoms with E-state index in [1.54, 1.807) is 6.92 Å². The van der Waals surface area contributed by atoms with Gasteiger partial charge < -0.3 is 9.84 Å². The Kier molecular flexibility index (Phi) is 5.17. The lowest BCUT2D eigenvalue weighted by Crippen LogP contribution is -2.33. The molecule has 1 aromatic heterocycles. The van der Waals surface area contributed by atoms with Gasteiger partial charge in [0.15, 0.2) is 17.5 Å². The monoisotopic (exact) mass is 359 g/mol. The number of anilines is 2. The molecule has 0 atom stereocenters. The summed E-state index contributed by atoms with van der Waals surface area (Å²) in [4.78, 5) is 11.9. The highest BCUT2D eigenvalue weighted by Crippen LogP contribution is 2.18. The van der Waals surface area contributed by atoms with Gasteiger partial charge in [-0.15, -0.1) is 0 Å². The number of aryl methyl sites for hydroxylation is 1. The molecule has 24 heavy (non-hydrogen) atoms. The average Bonchev–Trinajstić information content (AvgIpc) is 2.88. The fraction of sp³-hybridized carbons (Fsp3) is 0.286. The zero-order valence-electron chi connectivity index (χ0n) is 12.9. The van der Waals surface area contributed by atoms with Crippen molar-refractivity contribution in [3.63, 3.8) is 0 Å². The maximum Gasteiger partial charge on any atom is 0.233 e. The Morgan fingerprint density at radius 1 is 1.29 bits per heavy atom. The number of rotatable bonds is 6. The van der Waals surface area contributed by atoms with Gasteiger partial charge in [-0.2, -0.15) is 0 Å². The minimum Gasteiger partial charge on any atom is -0.360 e. The van der Waals surface area contributed by atoms with Gasteiger partial charge in [0.2, 0.25) is 15.9 Å². The van der Waals surface area contributed by atoms with Gasteiger partial charge in [-0.3, -0.25) is 9.10 Å². The molecule has 0 saturated heterocycles. The minimum atomic E-state index is -3.66. The maximum absolute atomic E-state index is 13.1. The fourth-order valence-corrected chi connectivity index (χ4v) is 2.77. The van der Waals surface area contributed by atoms with Crippen molar-refractivity contribution in [3.8, 4) is 0 Å². The van der Waals surface area contributed by atoms with Gasteiger partial charge in [-0.1, -0.05) is 5.16 Å². The molecule has 1 amide bonds. The first-order chi connectivity index (χ1) is 11.2. The van der Waals surface area contributed by atoms with E-state index < -0.39 is 27.6 Å². The molecule has 0 spiro atoms. The maximum atomic E-state index is 13.1. The number of hydrogen-bond donors (Lipinski definition) is 1. The lowest BCUT2D eigenvalue weighted by molar-refractivity contribution is -0.116. The van der Waals surface area contributed by atoms with E-state index in [2.05, 4.69) is 10.5 Å². The quantitative estimate of drug-likeness (QED) is 0.852. The third-order valence-electron chi connectivity index (χ3n) is 3.02. The number of nitrogens with one attached hydrogen (secondary N) is 1. The van der Waals surface area contributed by atoms with Crippen LogP contribution in [0.5, 0.6) is 0 Å². The zero-order chi connectivity index (χ0) is 17.9. The number of benzene rings is 1. The molecule has 0 aliphatic heterocycles. The Bertz CT molecular complexity index is 851. The largest absolute Gasteiger partial charge is 0.360 e. The van der Waals surface area contributed by atoms with Crippen LogP contribution in [0.15, 0.2) is 28.8 Å². The van der Waals surface area contributed by atoms with Gasteiger partial charge in [0, 0.05) is 30.8 Å². The van der Waals surface area contributed by atoms with E-state index in [9.17, 15) is 22.0 Å². The molecule has 0 bridgehead atoms. The highest BCUT2D eigenvalue weighted by molar-refractivity contribution is 7.92. The Labute approximate surface area is 137 Å². The molecule has 0 fully saturated rings. The van der Waals surface area contributed by atoms with Crippen molar-refractivity contribution in [2.75, 3.05) is 22.4 Å². The Balaban J connectivity index is 2.03. The zero-order valence-corrected chi connectivity index (χ0v) is 13.7. The third kappa shape index (κ3) is 4.51. The van der Waals surface area contributed by atoms with Crippen molar-refractivity contribution in [3.05, 3.63) is 41.7 Å². The predicted octanol–water partition coefficient (Wildman–Crippen LogP) is 2.06. The molecule has 1 aromatic carbocycles. The molecule has 7 nitrogen and oxygen atoms in total. The lowest BCUT2D eigenvalue weighted by Gasteiger charge is -2.18. The number of sulfonamides is 1. The van der Waals surface area contributed by atoms with Gasteiger partial charge in [-0.05, 0) is 19.1 Å². The second-order valence-electron chi connectivity index (χ2n) is 5.06. The van der Waals surface area contributed by atoms with E-state index in [0.717, 1.165) is 22.7 Å². The van der Waals surface area contributed by atoms with Gasteiger partial charge in [-0.25, -0.2) is 17.2 Å². The second-order valence-corrected chi connectivity index (χ2v) is 6.96. The Morgan fingerprint density at radius 2 is 2.00 bits per heavy atom. The minimum absolute atomic E-state index is 0.0654. The molecule has 0 aliphatic carbocycles. The molecular weight excluding hydrogens is 344 g/mol. The van der Waals surface area contributed by atoms with Crippen LogP contribution in [0.25, 0.3) is 0 Å². The second kappa shape index (κ2) is 6.95. The van der Waals surface area contributed by atoms with E-state index in [0.29, 0.717) is 5.76 Å². The molecule has 1 heterocycles. The molecule has 2 aromatic rings. The average molecular weight is 359 g/mol. The first kappa shape index (κ1) is 17.9. The van der Waals surface area contributed by atoms with Gasteiger partial charge >= 0.3 is 0 Å². The van der Waals surface area contributed by atoms with E-state index in [-0.39, 0.29) is 24.5 Å². The Morgan fingerprint density at radius 3 is 2.54 bits per heavy atom. The number of carbonyl (C=O) groups excluding carboxylic acids is 1. The summed E-state index contributed by atoms with van der Waals surface area (Å²) >= 11 is 0. The molecule has 1 N–H and O–H groups in total. The van der Waals surface area contributed by atoms with Crippen LogP contribution >= 0.6 is 0 Å². The molecule has 0 radical (unpaired) electrons. The molecular formula is C14H15F2N3O4S. The number of hydrogen-bond acceptors (Lipinski definition) is 5. The van der Waals surface area contributed by atoms with E-state index in [4.69, 9.17) is 4.52 Å². The SMILES string of the molecule is Cc1cc(N(CCC(=O)Nc2ccc(F)c(F)c2)S(C)(=O)=O)no1. The van der Waals surface area contributed by atoms with Crippen molar-refractivity contribution in [2.45, 2.75) is 13.3 Å². The molecule has 2 rings (SSSR count). The van der Waals surface area contributed by atoms with Crippen LogP contribution in [0.2, 0.25) is 0 Å². The topological polar surface area (TPSA) is 92.5 Å². The number of nitrogens with zero attached hydrogens (tertiary/aromatic N) is 2. The molecule has 10 heteroatoms.